The summed E-state index contributed by atoms with van der Waals surface area (Å²) in [6.07, 6.45) is 3.39. The van der Waals surface area contributed by atoms with Gasteiger partial charge in [0, 0.05) is 41.6 Å². The lowest BCUT2D eigenvalue weighted by Gasteiger charge is -2.43. The summed E-state index contributed by atoms with van der Waals surface area (Å²) < 4.78 is 0. The van der Waals surface area contributed by atoms with E-state index in [0.717, 1.165) is 42.0 Å². The van der Waals surface area contributed by atoms with Gasteiger partial charge in [0.2, 0.25) is 5.91 Å². The number of fused-ring (bicyclic) bond motifs is 1. The first-order valence-electron chi connectivity index (χ1n) is 13.6. The van der Waals surface area contributed by atoms with Crippen molar-refractivity contribution in [2.24, 2.45) is 5.92 Å². The molecule has 0 saturated heterocycles. The van der Waals surface area contributed by atoms with E-state index in [1.807, 2.05) is 89.5 Å². The number of amides is 2. The maximum atomic E-state index is 13.8. The zero-order chi connectivity index (χ0) is 26.4. The molecule has 0 aromatic heterocycles. The second-order valence-electron chi connectivity index (χ2n) is 9.93. The van der Waals surface area contributed by atoms with Gasteiger partial charge in [-0.2, -0.15) is 0 Å². The SMILES string of the molecule is CCC(=O)N(c1ccccc1)[C@H]1C[C@@H](C)N(C(=O)c2ccc(NCC(CC)CC)cc2)c2ccccc21. The largest absolute Gasteiger partial charge is 0.385 e. The Morgan fingerprint density at radius 2 is 1.57 bits per heavy atom. The predicted molar refractivity (Wildman–Crippen MR) is 153 cm³/mol. The number of carbonyl (C=O) groups excluding carboxylic acids is 2. The third-order valence-electron chi connectivity index (χ3n) is 7.58. The fourth-order valence-electron chi connectivity index (χ4n) is 5.30. The molecule has 0 bridgehead atoms. The van der Waals surface area contributed by atoms with E-state index < -0.39 is 0 Å². The minimum Gasteiger partial charge on any atom is -0.385 e. The van der Waals surface area contributed by atoms with E-state index in [4.69, 9.17) is 0 Å². The molecule has 3 aromatic carbocycles. The third kappa shape index (κ3) is 5.71. The van der Waals surface area contributed by atoms with Crippen LogP contribution in [0.3, 0.4) is 0 Å². The Bertz CT molecular complexity index is 1190. The van der Waals surface area contributed by atoms with Gasteiger partial charge in [-0.05, 0) is 67.3 Å². The molecule has 1 aliphatic rings. The van der Waals surface area contributed by atoms with Gasteiger partial charge in [0.1, 0.15) is 0 Å². The predicted octanol–water partition coefficient (Wildman–Crippen LogP) is 7.46. The lowest BCUT2D eigenvalue weighted by atomic mass is 9.89. The molecule has 3 aromatic rings. The Hall–Kier alpha value is -3.60. The maximum Gasteiger partial charge on any atom is 0.258 e. The molecule has 0 radical (unpaired) electrons. The molecule has 0 aliphatic carbocycles. The monoisotopic (exact) mass is 497 g/mol. The zero-order valence-electron chi connectivity index (χ0n) is 22.5. The Kier molecular flexibility index (Phi) is 8.65. The van der Waals surface area contributed by atoms with Crippen LogP contribution in [0.1, 0.15) is 75.3 Å². The fourth-order valence-corrected chi connectivity index (χ4v) is 5.30. The number of hydrogen-bond donors (Lipinski definition) is 1. The molecule has 2 atom stereocenters. The second-order valence-corrected chi connectivity index (χ2v) is 9.93. The third-order valence-corrected chi connectivity index (χ3v) is 7.58. The van der Waals surface area contributed by atoms with Crippen molar-refractivity contribution >= 4 is 28.9 Å². The highest BCUT2D eigenvalue weighted by molar-refractivity contribution is 6.07. The summed E-state index contributed by atoms with van der Waals surface area (Å²) in [4.78, 5) is 30.8. The summed E-state index contributed by atoms with van der Waals surface area (Å²) in [6, 6.07) is 25.5. The second kappa shape index (κ2) is 12.1. The minimum atomic E-state index is -0.137. The number of rotatable bonds is 9. The molecule has 37 heavy (non-hydrogen) atoms. The Morgan fingerprint density at radius 1 is 0.919 bits per heavy atom. The smallest absolute Gasteiger partial charge is 0.258 e. The molecule has 0 spiro atoms. The number of carbonyl (C=O) groups is 2. The number of nitrogens with one attached hydrogen (secondary N) is 1. The molecule has 0 unspecified atom stereocenters. The molecule has 5 nitrogen and oxygen atoms in total. The Balaban J connectivity index is 1.62. The summed E-state index contributed by atoms with van der Waals surface area (Å²) in [6.45, 7) is 9.35. The first kappa shape index (κ1) is 26.5. The average molecular weight is 498 g/mol. The zero-order valence-corrected chi connectivity index (χ0v) is 22.5. The van der Waals surface area contributed by atoms with Crippen molar-refractivity contribution in [1.82, 2.24) is 0 Å². The summed E-state index contributed by atoms with van der Waals surface area (Å²) >= 11 is 0. The summed E-state index contributed by atoms with van der Waals surface area (Å²) in [5.74, 6) is 0.711. The minimum absolute atomic E-state index is 0.0157. The molecule has 194 valence electrons. The molecule has 1 heterocycles. The van der Waals surface area contributed by atoms with Crippen LogP contribution in [0.15, 0.2) is 78.9 Å². The van der Waals surface area contributed by atoms with Gasteiger partial charge in [0.05, 0.1) is 6.04 Å². The van der Waals surface area contributed by atoms with Crippen LogP contribution in [0.4, 0.5) is 17.1 Å². The van der Waals surface area contributed by atoms with E-state index in [1.54, 1.807) is 0 Å². The van der Waals surface area contributed by atoms with Crippen LogP contribution in [0.25, 0.3) is 0 Å². The van der Waals surface area contributed by atoms with Crippen LogP contribution in [0, 0.1) is 5.92 Å². The van der Waals surface area contributed by atoms with Crippen molar-refractivity contribution < 1.29 is 9.59 Å². The van der Waals surface area contributed by atoms with Crippen molar-refractivity contribution in [3.63, 3.8) is 0 Å². The van der Waals surface area contributed by atoms with E-state index in [2.05, 4.69) is 32.2 Å². The molecule has 2 amide bonds. The Morgan fingerprint density at radius 3 is 2.22 bits per heavy atom. The first-order valence-corrected chi connectivity index (χ1v) is 13.6. The van der Waals surface area contributed by atoms with Gasteiger partial charge in [0.15, 0.2) is 0 Å². The number of benzene rings is 3. The molecule has 1 aliphatic heterocycles. The number of para-hydroxylation sites is 2. The molecular weight excluding hydrogens is 458 g/mol. The van der Waals surface area contributed by atoms with Crippen molar-refractivity contribution in [1.29, 1.82) is 0 Å². The number of nitrogens with zero attached hydrogens (tertiary/aromatic N) is 2. The lowest BCUT2D eigenvalue weighted by Crippen LogP contribution is -2.47. The van der Waals surface area contributed by atoms with Crippen LogP contribution in [-0.2, 0) is 4.79 Å². The van der Waals surface area contributed by atoms with Crippen LogP contribution >= 0.6 is 0 Å². The van der Waals surface area contributed by atoms with Gasteiger partial charge in [-0.25, -0.2) is 0 Å². The van der Waals surface area contributed by atoms with E-state index >= 15 is 0 Å². The summed E-state index contributed by atoms with van der Waals surface area (Å²) in [7, 11) is 0. The average Bonchev–Trinajstić information content (AvgIpc) is 2.94. The number of anilines is 3. The highest BCUT2D eigenvalue weighted by atomic mass is 16.2. The summed E-state index contributed by atoms with van der Waals surface area (Å²) in [5.41, 5.74) is 4.46. The normalized spacial score (nSPS) is 16.8. The molecule has 0 saturated carbocycles. The lowest BCUT2D eigenvalue weighted by molar-refractivity contribution is -0.118. The van der Waals surface area contributed by atoms with Crippen LogP contribution in [-0.4, -0.2) is 24.4 Å². The van der Waals surface area contributed by atoms with Crippen LogP contribution in [0.5, 0.6) is 0 Å². The Labute approximate surface area is 221 Å². The fraction of sp³-hybridized carbons (Fsp3) is 0.375. The van der Waals surface area contributed by atoms with Gasteiger partial charge in [-0.1, -0.05) is 70.0 Å². The van der Waals surface area contributed by atoms with Gasteiger partial charge in [-0.3, -0.25) is 9.59 Å². The van der Waals surface area contributed by atoms with Crippen LogP contribution in [0.2, 0.25) is 0 Å². The van der Waals surface area contributed by atoms with Crippen molar-refractivity contribution in [2.45, 2.75) is 65.5 Å². The van der Waals surface area contributed by atoms with E-state index in [-0.39, 0.29) is 23.9 Å². The first-order chi connectivity index (χ1) is 18.0. The molecule has 0 fully saturated rings. The standard InChI is InChI=1S/C32H39N3O2/c1-5-24(6-2)22-33-26-19-17-25(18-20-26)32(37)34-23(4)21-30(28-15-11-12-16-29(28)34)35(31(36)7-3)27-13-9-8-10-14-27/h8-20,23-24,30,33H,5-7,21-22H2,1-4H3/t23-,30+/m1/s1. The summed E-state index contributed by atoms with van der Waals surface area (Å²) in [5, 5.41) is 3.50. The molecule has 4 rings (SSSR count). The van der Waals surface area contributed by atoms with Gasteiger partial charge < -0.3 is 15.1 Å². The van der Waals surface area contributed by atoms with E-state index in [9.17, 15) is 9.59 Å². The van der Waals surface area contributed by atoms with Crippen LogP contribution < -0.4 is 15.1 Å². The van der Waals surface area contributed by atoms with Gasteiger partial charge in [-0.15, -0.1) is 0 Å². The topological polar surface area (TPSA) is 52.7 Å². The highest BCUT2D eigenvalue weighted by Gasteiger charge is 2.38. The van der Waals surface area contributed by atoms with Crippen molar-refractivity contribution in [3.05, 3.63) is 90.0 Å². The van der Waals surface area contributed by atoms with E-state index in [1.165, 1.54) is 0 Å². The quantitative estimate of drug-likeness (QED) is 0.334. The van der Waals surface area contributed by atoms with E-state index in [0.29, 0.717) is 24.3 Å². The number of hydrogen-bond acceptors (Lipinski definition) is 3. The maximum absolute atomic E-state index is 13.8. The highest BCUT2D eigenvalue weighted by Crippen LogP contribution is 2.43. The molecule has 1 N–H and O–H groups in total. The molecular formula is C32H39N3O2. The van der Waals surface area contributed by atoms with Crippen molar-refractivity contribution in [3.8, 4) is 0 Å². The van der Waals surface area contributed by atoms with Gasteiger partial charge in [0.25, 0.3) is 5.91 Å². The molecule has 5 heteroatoms. The van der Waals surface area contributed by atoms with Crippen molar-refractivity contribution in [2.75, 3.05) is 21.7 Å². The van der Waals surface area contributed by atoms with Gasteiger partial charge >= 0.3 is 0 Å².